The molecule has 0 spiro atoms. The molecule has 2 nitrogen and oxygen atoms in total. The highest BCUT2D eigenvalue weighted by atomic mass is 14.7. The van der Waals surface area contributed by atoms with E-state index in [1.165, 1.54) is 25.7 Å². The minimum atomic E-state index is 0.927. The van der Waals surface area contributed by atoms with Crippen LogP contribution >= 0.6 is 0 Å². The molecule has 76 valence electrons. The molecule has 0 aliphatic heterocycles. The lowest BCUT2D eigenvalue weighted by molar-refractivity contribution is 0.676. The first-order valence-corrected chi connectivity index (χ1v) is 5.34. The molecule has 14 heavy (non-hydrogen) atoms. The zero-order chi connectivity index (χ0) is 10.1. The normalized spacial score (nSPS) is 10.9. The van der Waals surface area contributed by atoms with Crippen molar-refractivity contribution < 1.29 is 0 Å². The lowest BCUT2D eigenvalue weighted by Crippen LogP contribution is -1.87. The molecule has 1 aromatic rings. The van der Waals surface area contributed by atoms with E-state index in [9.17, 15) is 0 Å². The maximum Gasteiger partial charge on any atom is 0.0807 e. The predicted molar refractivity (Wildman–Crippen MR) is 60.8 cm³/mol. The monoisotopic (exact) mass is 190 g/mol. The number of hydrogen-bond donors (Lipinski definition) is 0. The van der Waals surface area contributed by atoms with Gasteiger partial charge in [-0.1, -0.05) is 32.3 Å². The van der Waals surface area contributed by atoms with Crippen LogP contribution in [0.2, 0.25) is 0 Å². The van der Waals surface area contributed by atoms with Crippen LogP contribution in [0.3, 0.4) is 0 Å². The molecule has 1 rings (SSSR count). The average molecular weight is 190 g/mol. The molecule has 0 unspecified atom stereocenters. The van der Waals surface area contributed by atoms with Gasteiger partial charge in [0.15, 0.2) is 0 Å². The Morgan fingerprint density at radius 2 is 2.21 bits per heavy atom. The zero-order valence-electron chi connectivity index (χ0n) is 8.82. The summed E-state index contributed by atoms with van der Waals surface area (Å²) in [4.78, 5) is 8.49. The lowest BCUT2D eigenvalue weighted by Gasteiger charge is -1.94. The lowest BCUT2D eigenvalue weighted by atomic mass is 10.2. The van der Waals surface area contributed by atoms with Gasteiger partial charge >= 0.3 is 0 Å². The van der Waals surface area contributed by atoms with Crippen molar-refractivity contribution >= 4 is 6.21 Å². The van der Waals surface area contributed by atoms with Gasteiger partial charge in [-0.3, -0.25) is 9.98 Å². The Hall–Kier alpha value is -1.18. The summed E-state index contributed by atoms with van der Waals surface area (Å²) in [5.74, 6) is 0. The topological polar surface area (TPSA) is 25.2 Å². The number of aliphatic imine (C=N–C) groups is 1. The molecule has 0 aromatic carbocycles. The van der Waals surface area contributed by atoms with E-state index in [4.69, 9.17) is 0 Å². The van der Waals surface area contributed by atoms with Gasteiger partial charge in [0, 0.05) is 19.0 Å². The molecule has 1 heterocycles. The SMILES string of the molecule is CCCCCCN=Cc1ccccn1. The van der Waals surface area contributed by atoms with Crippen molar-refractivity contribution in [2.45, 2.75) is 32.6 Å². The molecule has 0 saturated carbocycles. The summed E-state index contributed by atoms with van der Waals surface area (Å²) in [6.45, 7) is 3.15. The third-order valence-electron chi connectivity index (χ3n) is 2.05. The van der Waals surface area contributed by atoms with Crippen molar-refractivity contribution in [1.29, 1.82) is 0 Å². The Bertz CT molecular complexity index is 254. The van der Waals surface area contributed by atoms with Gasteiger partial charge in [0.05, 0.1) is 5.69 Å². The minimum absolute atomic E-state index is 0.927. The number of unbranched alkanes of at least 4 members (excludes halogenated alkanes) is 3. The van der Waals surface area contributed by atoms with Gasteiger partial charge in [-0.2, -0.15) is 0 Å². The molecule has 0 aliphatic carbocycles. The molecule has 0 saturated heterocycles. The molecule has 0 N–H and O–H groups in total. The summed E-state index contributed by atoms with van der Waals surface area (Å²) in [5, 5.41) is 0. The fourth-order valence-electron chi connectivity index (χ4n) is 1.24. The van der Waals surface area contributed by atoms with Crippen LogP contribution in [0.4, 0.5) is 0 Å². The van der Waals surface area contributed by atoms with Crippen LogP contribution in [0.25, 0.3) is 0 Å². The molecule has 0 fully saturated rings. The smallest absolute Gasteiger partial charge is 0.0807 e. The van der Waals surface area contributed by atoms with E-state index in [-0.39, 0.29) is 0 Å². The molecule has 2 heteroatoms. The quantitative estimate of drug-likeness (QED) is 0.500. The van der Waals surface area contributed by atoms with Crippen LogP contribution in [-0.2, 0) is 0 Å². The summed E-state index contributed by atoms with van der Waals surface area (Å²) in [7, 11) is 0. The standard InChI is InChI=1S/C12H18N2/c1-2-3-4-6-9-13-11-12-8-5-7-10-14-12/h5,7-8,10-11H,2-4,6,9H2,1H3. The van der Waals surface area contributed by atoms with E-state index in [0.717, 1.165) is 12.2 Å². The molecule has 0 amide bonds. The van der Waals surface area contributed by atoms with Crippen LogP contribution in [0.5, 0.6) is 0 Å². The molecule has 0 aliphatic rings. The van der Waals surface area contributed by atoms with Gasteiger partial charge in [-0.25, -0.2) is 0 Å². The highest BCUT2D eigenvalue weighted by Crippen LogP contribution is 1.98. The Kier molecular flexibility index (Phi) is 5.64. The average Bonchev–Trinajstić information content (AvgIpc) is 2.25. The third-order valence-corrected chi connectivity index (χ3v) is 2.05. The van der Waals surface area contributed by atoms with Gasteiger partial charge in [0.1, 0.15) is 0 Å². The second kappa shape index (κ2) is 7.25. The number of aromatic nitrogens is 1. The third kappa shape index (κ3) is 4.75. The Labute approximate surface area is 86.1 Å². The van der Waals surface area contributed by atoms with Crippen molar-refractivity contribution in [2.24, 2.45) is 4.99 Å². The maximum absolute atomic E-state index is 4.33. The Morgan fingerprint density at radius 3 is 2.93 bits per heavy atom. The van der Waals surface area contributed by atoms with Crippen LogP contribution in [0.1, 0.15) is 38.3 Å². The number of hydrogen-bond acceptors (Lipinski definition) is 2. The molecule has 0 bridgehead atoms. The van der Waals surface area contributed by atoms with Crippen LogP contribution in [0, 0.1) is 0 Å². The fourth-order valence-corrected chi connectivity index (χ4v) is 1.24. The Morgan fingerprint density at radius 1 is 1.29 bits per heavy atom. The number of nitrogens with zero attached hydrogens (tertiary/aromatic N) is 2. The summed E-state index contributed by atoms with van der Waals surface area (Å²) >= 11 is 0. The van der Waals surface area contributed by atoms with E-state index < -0.39 is 0 Å². The van der Waals surface area contributed by atoms with E-state index >= 15 is 0 Å². The number of pyridine rings is 1. The van der Waals surface area contributed by atoms with Crippen LogP contribution in [0.15, 0.2) is 29.4 Å². The van der Waals surface area contributed by atoms with Crippen molar-refractivity contribution in [3.05, 3.63) is 30.1 Å². The minimum Gasteiger partial charge on any atom is -0.291 e. The molecule has 0 radical (unpaired) electrons. The van der Waals surface area contributed by atoms with E-state index in [1.807, 2.05) is 24.4 Å². The number of rotatable bonds is 6. The highest BCUT2D eigenvalue weighted by Gasteiger charge is 1.86. The predicted octanol–water partition coefficient (Wildman–Crippen LogP) is 3.08. The first kappa shape index (κ1) is 10.9. The maximum atomic E-state index is 4.33. The van der Waals surface area contributed by atoms with E-state index in [1.54, 1.807) is 6.20 Å². The zero-order valence-corrected chi connectivity index (χ0v) is 8.82. The van der Waals surface area contributed by atoms with E-state index in [2.05, 4.69) is 16.9 Å². The van der Waals surface area contributed by atoms with Crippen molar-refractivity contribution in [3.8, 4) is 0 Å². The second-order valence-electron chi connectivity index (χ2n) is 3.35. The fraction of sp³-hybridized carbons (Fsp3) is 0.500. The van der Waals surface area contributed by atoms with Crippen LogP contribution in [-0.4, -0.2) is 17.7 Å². The molecule has 0 atom stereocenters. The second-order valence-corrected chi connectivity index (χ2v) is 3.35. The largest absolute Gasteiger partial charge is 0.291 e. The summed E-state index contributed by atoms with van der Waals surface area (Å²) in [5.41, 5.74) is 0.947. The first-order valence-electron chi connectivity index (χ1n) is 5.34. The summed E-state index contributed by atoms with van der Waals surface area (Å²) in [6, 6.07) is 5.86. The van der Waals surface area contributed by atoms with Crippen molar-refractivity contribution in [2.75, 3.05) is 6.54 Å². The molecular formula is C12H18N2. The summed E-state index contributed by atoms with van der Waals surface area (Å²) < 4.78 is 0. The van der Waals surface area contributed by atoms with Gasteiger partial charge in [-0.15, -0.1) is 0 Å². The Balaban J connectivity index is 2.15. The van der Waals surface area contributed by atoms with Gasteiger partial charge < -0.3 is 0 Å². The van der Waals surface area contributed by atoms with Gasteiger partial charge in [-0.05, 0) is 18.6 Å². The van der Waals surface area contributed by atoms with Crippen molar-refractivity contribution in [3.63, 3.8) is 0 Å². The summed E-state index contributed by atoms with van der Waals surface area (Å²) in [6.07, 6.45) is 8.72. The first-order chi connectivity index (χ1) is 6.93. The van der Waals surface area contributed by atoms with Crippen molar-refractivity contribution in [1.82, 2.24) is 4.98 Å². The van der Waals surface area contributed by atoms with Gasteiger partial charge in [0.2, 0.25) is 0 Å². The molecule has 1 aromatic heterocycles. The van der Waals surface area contributed by atoms with E-state index in [0.29, 0.717) is 0 Å². The molecular weight excluding hydrogens is 172 g/mol. The highest BCUT2D eigenvalue weighted by molar-refractivity contribution is 5.76. The van der Waals surface area contributed by atoms with Gasteiger partial charge in [0.25, 0.3) is 0 Å². The van der Waals surface area contributed by atoms with Crippen LogP contribution < -0.4 is 0 Å².